The zero-order chi connectivity index (χ0) is 14.2. The highest BCUT2D eigenvalue weighted by Crippen LogP contribution is 2.24. The quantitative estimate of drug-likeness (QED) is 0.816. The van der Waals surface area contributed by atoms with Gasteiger partial charge >= 0.3 is 0 Å². The summed E-state index contributed by atoms with van der Waals surface area (Å²) in [5, 5.41) is 1.70. The first kappa shape index (κ1) is 13.5. The Morgan fingerprint density at radius 1 is 1.15 bits per heavy atom. The number of carbonyl (C=O) groups is 1. The first-order valence-corrected chi connectivity index (χ1v) is 9.01. The van der Waals surface area contributed by atoms with E-state index in [-0.39, 0.29) is 9.99 Å². The first-order valence-electron chi connectivity index (χ1n) is 6.47. The second kappa shape index (κ2) is 5.14. The number of benzene rings is 1. The number of Topliss-reactive ketones (excluding diaryl/α,β-unsaturated/α-hetero) is 1. The maximum atomic E-state index is 12.2. The Bertz CT molecular complexity index is 743. The van der Waals surface area contributed by atoms with E-state index in [0.29, 0.717) is 5.56 Å². The number of fused-ring (bicyclic) bond motifs is 1. The van der Waals surface area contributed by atoms with Crippen molar-refractivity contribution in [3.63, 3.8) is 0 Å². The smallest absolute Gasteiger partial charge is 0.195 e. The molecular weight excluding hydrogens is 292 g/mol. The average Bonchev–Trinajstić information content (AvgIpc) is 3.09. The monoisotopic (exact) mass is 306 g/mol. The fourth-order valence-corrected chi connectivity index (χ4v) is 4.83. The van der Waals surface area contributed by atoms with Crippen molar-refractivity contribution < 1.29 is 13.2 Å². The van der Waals surface area contributed by atoms with Crippen molar-refractivity contribution in [1.82, 2.24) is 0 Å². The standard InChI is InChI=1S/C15H14O3S2/c16-14(10-20(17,18)15-5-2-8-19-15)13-7-6-11-3-1-4-12(11)9-13/h2,5-9H,1,3-4,10H2. The van der Waals surface area contributed by atoms with Gasteiger partial charge in [0.15, 0.2) is 15.6 Å². The molecule has 1 aromatic carbocycles. The molecule has 0 unspecified atom stereocenters. The molecule has 0 saturated heterocycles. The van der Waals surface area contributed by atoms with Crippen LogP contribution in [0.2, 0.25) is 0 Å². The molecule has 0 bridgehead atoms. The zero-order valence-electron chi connectivity index (χ0n) is 10.8. The highest BCUT2D eigenvalue weighted by molar-refractivity contribution is 7.94. The molecule has 1 aromatic heterocycles. The first-order chi connectivity index (χ1) is 9.56. The molecule has 1 heterocycles. The largest absolute Gasteiger partial charge is 0.293 e. The van der Waals surface area contributed by atoms with Gasteiger partial charge in [0.05, 0.1) is 0 Å². The summed E-state index contributed by atoms with van der Waals surface area (Å²) in [6, 6.07) is 8.77. The Balaban J connectivity index is 1.83. The molecule has 104 valence electrons. The van der Waals surface area contributed by atoms with Gasteiger partial charge in [-0.3, -0.25) is 4.79 Å². The SMILES string of the molecule is O=C(CS(=O)(=O)c1cccs1)c1ccc2c(c1)CCC2. The molecule has 0 N–H and O–H groups in total. The topological polar surface area (TPSA) is 51.2 Å². The minimum Gasteiger partial charge on any atom is -0.293 e. The van der Waals surface area contributed by atoms with Crippen molar-refractivity contribution in [2.24, 2.45) is 0 Å². The number of hydrogen-bond acceptors (Lipinski definition) is 4. The Morgan fingerprint density at radius 3 is 2.70 bits per heavy atom. The predicted molar refractivity (Wildman–Crippen MR) is 79.2 cm³/mol. The summed E-state index contributed by atoms with van der Waals surface area (Å²) in [4.78, 5) is 12.2. The molecule has 3 rings (SSSR count). The maximum Gasteiger partial charge on any atom is 0.195 e. The minimum absolute atomic E-state index is 0.256. The normalized spacial score (nSPS) is 14.2. The van der Waals surface area contributed by atoms with Crippen LogP contribution in [0.15, 0.2) is 39.9 Å². The Hall–Kier alpha value is -1.46. The van der Waals surface area contributed by atoms with Crippen LogP contribution in [0.5, 0.6) is 0 Å². The van der Waals surface area contributed by atoms with Crippen molar-refractivity contribution in [3.8, 4) is 0 Å². The number of carbonyl (C=O) groups excluding carboxylic acids is 1. The summed E-state index contributed by atoms with van der Waals surface area (Å²) in [6.45, 7) is 0. The molecule has 0 saturated carbocycles. The fraction of sp³-hybridized carbons (Fsp3) is 0.267. The van der Waals surface area contributed by atoms with Crippen LogP contribution in [0, 0.1) is 0 Å². The summed E-state index contributed by atoms with van der Waals surface area (Å²) in [5.74, 6) is -0.778. The van der Waals surface area contributed by atoms with Gasteiger partial charge in [-0.05, 0) is 47.9 Å². The molecule has 0 amide bonds. The summed E-state index contributed by atoms with van der Waals surface area (Å²) in [6.07, 6.45) is 3.14. The highest BCUT2D eigenvalue weighted by atomic mass is 32.2. The number of ketones is 1. The van der Waals surface area contributed by atoms with Crippen LogP contribution in [0.25, 0.3) is 0 Å². The van der Waals surface area contributed by atoms with Crippen molar-refractivity contribution in [1.29, 1.82) is 0 Å². The van der Waals surface area contributed by atoms with Crippen LogP contribution in [0.4, 0.5) is 0 Å². The molecule has 0 atom stereocenters. The molecule has 0 spiro atoms. The van der Waals surface area contributed by atoms with Gasteiger partial charge in [-0.25, -0.2) is 8.42 Å². The predicted octanol–water partition coefficient (Wildman–Crippen LogP) is 2.89. The van der Waals surface area contributed by atoms with E-state index in [2.05, 4.69) is 0 Å². The van der Waals surface area contributed by atoms with E-state index in [1.165, 1.54) is 17.2 Å². The van der Waals surface area contributed by atoms with Gasteiger partial charge in [0.2, 0.25) is 0 Å². The van der Waals surface area contributed by atoms with Crippen molar-refractivity contribution in [2.45, 2.75) is 23.5 Å². The van der Waals surface area contributed by atoms with Crippen molar-refractivity contribution in [2.75, 3.05) is 5.75 Å². The van der Waals surface area contributed by atoms with Crippen molar-refractivity contribution in [3.05, 3.63) is 52.4 Å². The molecule has 20 heavy (non-hydrogen) atoms. The highest BCUT2D eigenvalue weighted by Gasteiger charge is 2.22. The van der Waals surface area contributed by atoms with Gasteiger partial charge in [0.25, 0.3) is 0 Å². The number of sulfone groups is 1. The molecule has 3 nitrogen and oxygen atoms in total. The average molecular weight is 306 g/mol. The van der Waals surface area contributed by atoms with Crippen molar-refractivity contribution >= 4 is 27.0 Å². The zero-order valence-corrected chi connectivity index (χ0v) is 12.5. The van der Waals surface area contributed by atoms with Crippen LogP contribution in [-0.4, -0.2) is 20.0 Å². The lowest BCUT2D eigenvalue weighted by atomic mass is 10.0. The Morgan fingerprint density at radius 2 is 1.95 bits per heavy atom. The van der Waals surface area contributed by atoms with Gasteiger partial charge in [-0.1, -0.05) is 18.2 Å². The summed E-state index contributed by atoms with van der Waals surface area (Å²) in [7, 11) is -3.51. The number of thiophene rings is 1. The van der Waals surface area contributed by atoms with E-state index in [0.717, 1.165) is 30.6 Å². The lowest BCUT2D eigenvalue weighted by Gasteiger charge is -2.05. The van der Waals surface area contributed by atoms with E-state index in [4.69, 9.17) is 0 Å². The van der Waals surface area contributed by atoms with Crippen LogP contribution in [0.1, 0.15) is 27.9 Å². The number of hydrogen-bond donors (Lipinski definition) is 0. The Labute approximate surface area is 122 Å². The number of rotatable bonds is 4. The van der Waals surface area contributed by atoms with Crippen LogP contribution >= 0.6 is 11.3 Å². The van der Waals surface area contributed by atoms with Gasteiger partial charge in [-0.2, -0.15) is 0 Å². The molecule has 0 aliphatic heterocycles. The van der Waals surface area contributed by atoms with Gasteiger partial charge in [0.1, 0.15) is 9.96 Å². The third-order valence-corrected chi connectivity index (χ3v) is 6.65. The van der Waals surface area contributed by atoms with Crippen LogP contribution in [0.3, 0.4) is 0 Å². The minimum atomic E-state index is -3.51. The maximum absolute atomic E-state index is 12.2. The third-order valence-electron chi connectivity index (χ3n) is 3.54. The summed E-state index contributed by atoms with van der Waals surface area (Å²) >= 11 is 1.15. The fourth-order valence-electron chi connectivity index (χ4n) is 2.51. The number of aryl methyl sites for hydroxylation is 2. The van der Waals surface area contributed by atoms with Crippen LogP contribution in [-0.2, 0) is 22.7 Å². The lowest BCUT2D eigenvalue weighted by molar-refractivity contribution is 0.102. The molecular formula is C15H14O3S2. The third kappa shape index (κ3) is 2.55. The second-order valence-corrected chi connectivity index (χ2v) is 8.12. The molecule has 1 aliphatic carbocycles. The van der Waals surface area contributed by atoms with E-state index in [9.17, 15) is 13.2 Å². The summed E-state index contributed by atoms with van der Waals surface area (Å²) < 4.78 is 24.5. The van der Waals surface area contributed by atoms with Crippen LogP contribution < -0.4 is 0 Å². The second-order valence-electron chi connectivity index (χ2n) is 4.95. The summed E-state index contributed by atoms with van der Waals surface area (Å²) in [5.41, 5.74) is 2.97. The molecule has 5 heteroatoms. The lowest BCUT2D eigenvalue weighted by Crippen LogP contribution is -2.15. The van der Waals surface area contributed by atoms with E-state index < -0.39 is 15.6 Å². The molecule has 0 radical (unpaired) electrons. The van der Waals surface area contributed by atoms with Gasteiger partial charge < -0.3 is 0 Å². The van der Waals surface area contributed by atoms with E-state index in [1.807, 2.05) is 12.1 Å². The van der Waals surface area contributed by atoms with Gasteiger partial charge in [0, 0.05) is 5.56 Å². The Kier molecular flexibility index (Phi) is 3.48. The molecule has 0 fully saturated rings. The molecule has 2 aromatic rings. The van der Waals surface area contributed by atoms with E-state index in [1.54, 1.807) is 17.5 Å². The molecule has 1 aliphatic rings. The van der Waals surface area contributed by atoms with E-state index >= 15 is 0 Å². The van der Waals surface area contributed by atoms with Gasteiger partial charge in [-0.15, -0.1) is 11.3 Å².